The van der Waals surface area contributed by atoms with Crippen molar-refractivity contribution in [1.82, 2.24) is 9.97 Å². The Hall–Kier alpha value is -2.72. The summed E-state index contributed by atoms with van der Waals surface area (Å²) in [5, 5.41) is 3.34. The van der Waals surface area contributed by atoms with E-state index in [4.69, 9.17) is 0 Å². The second-order valence-electron chi connectivity index (χ2n) is 6.48. The molecule has 0 atom stereocenters. The van der Waals surface area contributed by atoms with Crippen LogP contribution in [0.4, 0.5) is 11.4 Å². The maximum atomic E-state index is 12.3. The Morgan fingerprint density at radius 3 is 2.46 bits per heavy atom. The normalized spacial score (nSPS) is 11.5. The highest BCUT2D eigenvalue weighted by atomic mass is 32.2. The molecule has 3 aromatic rings. The van der Waals surface area contributed by atoms with Gasteiger partial charge in [-0.25, -0.2) is 13.4 Å². The topological polar surface area (TPSA) is 121 Å². The van der Waals surface area contributed by atoms with Crippen LogP contribution in [0.15, 0.2) is 29.1 Å². The number of nitrogens with one attached hydrogen (secondary N) is 3. The minimum absolute atomic E-state index is 0.154. The lowest BCUT2D eigenvalue weighted by Crippen LogP contribution is -2.16. The molecule has 3 rings (SSSR count). The van der Waals surface area contributed by atoms with E-state index < -0.39 is 10.0 Å². The van der Waals surface area contributed by atoms with Gasteiger partial charge in [-0.1, -0.05) is 0 Å². The minimum atomic E-state index is -3.35. The molecule has 8 nitrogen and oxygen atoms in total. The van der Waals surface area contributed by atoms with Gasteiger partial charge >= 0.3 is 0 Å². The van der Waals surface area contributed by atoms with E-state index >= 15 is 0 Å². The third-order valence-corrected chi connectivity index (χ3v) is 5.86. The largest absolute Gasteiger partial charge is 0.326 e. The lowest BCUT2D eigenvalue weighted by Gasteiger charge is -2.07. The Labute approximate surface area is 166 Å². The van der Waals surface area contributed by atoms with Gasteiger partial charge in [0, 0.05) is 29.1 Å². The summed E-state index contributed by atoms with van der Waals surface area (Å²) in [5.41, 5.74) is 1.71. The fourth-order valence-electron chi connectivity index (χ4n) is 2.71. The van der Waals surface area contributed by atoms with E-state index in [1.54, 1.807) is 24.3 Å². The number of anilines is 2. The molecular formula is C18H20N4O4S2. The van der Waals surface area contributed by atoms with Crippen LogP contribution in [0.5, 0.6) is 0 Å². The third kappa shape index (κ3) is 4.76. The van der Waals surface area contributed by atoms with E-state index in [2.05, 4.69) is 20.0 Å². The van der Waals surface area contributed by atoms with E-state index in [1.807, 2.05) is 13.8 Å². The van der Waals surface area contributed by atoms with E-state index in [1.165, 1.54) is 11.3 Å². The SMILES string of the molecule is Cc1sc2nc(CCC(=O)Nc3ccc(NS(C)(=O)=O)cc3)[nH]c(=O)c2c1C. The zero-order chi connectivity index (χ0) is 20.5. The number of fused-ring (bicyclic) bond motifs is 1. The molecule has 0 aliphatic heterocycles. The molecule has 0 bridgehead atoms. The van der Waals surface area contributed by atoms with Crippen molar-refractivity contribution in [2.45, 2.75) is 26.7 Å². The molecule has 10 heteroatoms. The molecule has 0 saturated heterocycles. The number of benzene rings is 1. The molecule has 1 amide bonds. The lowest BCUT2D eigenvalue weighted by atomic mass is 10.2. The summed E-state index contributed by atoms with van der Waals surface area (Å²) in [7, 11) is -3.35. The Morgan fingerprint density at radius 2 is 1.82 bits per heavy atom. The van der Waals surface area contributed by atoms with Gasteiger partial charge in [0.1, 0.15) is 10.7 Å². The smallest absolute Gasteiger partial charge is 0.259 e. The molecule has 2 aromatic heterocycles. The average Bonchev–Trinajstić information content (AvgIpc) is 2.88. The van der Waals surface area contributed by atoms with Crippen molar-refractivity contribution in [2.24, 2.45) is 0 Å². The van der Waals surface area contributed by atoms with Gasteiger partial charge in [-0.3, -0.25) is 14.3 Å². The number of hydrogen-bond donors (Lipinski definition) is 3. The number of sulfonamides is 1. The van der Waals surface area contributed by atoms with Crippen LogP contribution in [0, 0.1) is 13.8 Å². The van der Waals surface area contributed by atoms with Gasteiger partial charge in [-0.2, -0.15) is 0 Å². The molecule has 0 spiro atoms. The fraction of sp³-hybridized carbons (Fsp3) is 0.278. The molecular weight excluding hydrogens is 400 g/mol. The van der Waals surface area contributed by atoms with Crippen molar-refractivity contribution >= 4 is 48.9 Å². The molecule has 0 saturated carbocycles. The molecule has 3 N–H and O–H groups in total. The Bertz CT molecular complexity index is 1190. The molecule has 2 heterocycles. The van der Waals surface area contributed by atoms with Crippen molar-refractivity contribution in [3.63, 3.8) is 0 Å². The van der Waals surface area contributed by atoms with Crippen LogP contribution in [0.1, 0.15) is 22.7 Å². The maximum absolute atomic E-state index is 12.3. The van der Waals surface area contributed by atoms with E-state index in [9.17, 15) is 18.0 Å². The summed E-state index contributed by atoms with van der Waals surface area (Å²) < 4.78 is 24.7. The predicted molar refractivity (Wildman–Crippen MR) is 112 cm³/mol. The molecule has 0 radical (unpaired) electrons. The number of carbonyl (C=O) groups is 1. The Morgan fingerprint density at radius 1 is 1.18 bits per heavy atom. The first-order valence-corrected chi connectivity index (χ1v) is 11.2. The zero-order valence-corrected chi connectivity index (χ0v) is 17.3. The van der Waals surface area contributed by atoms with Crippen molar-refractivity contribution in [2.75, 3.05) is 16.3 Å². The quantitative estimate of drug-likeness (QED) is 0.566. The van der Waals surface area contributed by atoms with Crippen LogP contribution >= 0.6 is 11.3 Å². The van der Waals surface area contributed by atoms with Gasteiger partial charge in [0.2, 0.25) is 15.9 Å². The Kier molecular flexibility index (Phi) is 5.52. The van der Waals surface area contributed by atoms with Crippen LogP contribution in [-0.4, -0.2) is 30.5 Å². The molecule has 0 fully saturated rings. The average molecular weight is 421 g/mol. The molecule has 1 aromatic carbocycles. The van der Waals surface area contributed by atoms with Crippen LogP contribution in [0.2, 0.25) is 0 Å². The summed E-state index contributed by atoms with van der Waals surface area (Å²) >= 11 is 1.47. The van der Waals surface area contributed by atoms with Crippen LogP contribution in [0.3, 0.4) is 0 Å². The fourth-order valence-corrected chi connectivity index (χ4v) is 4.32. The molecule has 0 unspecified atom stereocenters. The standard InChI is InChI=1S/C18H20N4O4S2/c1-10-11(2)27-18-16(10)17(24)20-14(21-18)8-9-15(23)19-12-4-6-13(7-5-12)22-28(3,25)26/h4-7,22H,8-9H2,1-3H3,(H,19,23)(H,20,21,24). The molecule has 148 valence electrons. The Balaban J connectivity index is 1.63. The monoisotopic (exact) mass is 420 g/mol. The number of rotatable bonds is 6. The first-order valence-electron chi connectivity index (χ1n) is 8.49. The number of carbonyl (C=O) groups excluding carboxylic acids is 1. The van der Waals surface area contributed by atoms with Gasteiger partial charge in [0.05, 0.1) is 11.6 Å². The van der Waals surface area contributed by atoms with Crippen molar-refractivity contribution in [3.8, 4) is 0 Å². The minimum Gasteiger partial charge on any atom is -0.326 e. The molecule has 0 aliphatic rings. The number of aromatic amines is 1. The lowest BCUT2D eigenvalue weighted by molar-refractivity contribution is -0.116. The maximum Gasteiger partial charge on any atom is 0.259 e. The van der Waals surface area contributed by atoms with E-state index in [-0.39, 0.29) is 17.9 Å². The zero-order valence-electron chi connectivity index (χ0n) is 15.6. The van der Waals surface area contributed by atoms with Gasteiger partial charge < -0.3 is 10.3 Å². The number of H-pyrrole nitrogens is 1. The van der Waals surface area contributed by atoms with Crippen molar-refractivity contribution < 1.29 is 13.2 Å². The van der Waals surface area contributed by atoms with Crippen LogP contribution in [0.25, 0.3) is 10.2 Å². The number of hydrogen-bond acceptors (Lipinski definition) is 6. The second kappa shape index (κ2) is 7.72. The first kappa shape index (κ1) is 20.0. The summed E-state index contributed by atoms with van der Waals surface area (Å²) in [6, 6.07) is 6.33. The van der Waals surface area contributed by atoms with Gasteiger partial charge in [-0.15, -0.1) is 11.3 Å². The van der Waals surface area contributed by atoms with Crippen molar-refractivity contribution in [1.29, 1.82) is 0 Å². The molecule has 28 heavy (non-hydrogen) atoms. The van der Waals surface area contributed by atoms with Gasteiger partial charge in [0.25, 0.3) is 5.56 Å². The summed E-state index contributed by atoms with van der Waals surface area (Å²) in [6.07, 6.45) is 1.53. The van der Waals surface area contributed by atoms with Gasteiger partial charge in [0.15, 0.2) is 0 Å². The number of aryl methyl sites for hydroxylation is 3. The van der Waals surface area contributed by atoms with E-state index in [0.29, 0.717) is 33.8 Å². The van der Waals surface area contributed by atoms with Crippen molar-refractivity contribution in [3.05, 3.63) is 50.9 Å². The second-order valence-corrected chi connectivity index (χ2v) is 9.43. The highest BCUT2D eigenvalue weighted by Crippen LogP contribution is 2.25. The summed E-state index contributed by atoms with van der Waals surface area (Å²) in [6.45, 7) is 3.85. The third-order valence-electron chi connectivity index (χ3n) is 4.15. The predicted octanol–water partition coefficient (Wildman–Crippen LogP) is 2.54. The first-order chi connectivity index (χ1) is 13.1. The number of aromatic nitrogens is 2. The molecule has 0 aliphatic carbocycles. The van der Waals surface area contributed by atoms with Crippen LogP contribution in [-0.2, 0) is 21.2 Å². The number of amides is 1. The van der Waals surface area contributed by atoms with Gasteiger partial charge in [-0.05, 0) is 43.7 Å². The summed E-state index contributed by atoms with van der Waals surface area (Å²) in [5.74, 6) is 0.242. The van der Waals surface area contributed by atoms with Crippen LogP contribution < -0.4 is 15.6 Å². The summed E-state index contributed by atoms with van der Waals surface area (Å²) in [4.78, 5) is 33.4. The number of thiophene rings is 1. The van der Waals surface area contributed by atoms with E-state index in [0.717, 1.165) is 16.7 Å². The number of nitrogens with zero attached hydrogens (tertiary/aromatic N) is 1. The highest BCUT2D eigenvalue weighted by molar-refractivity contribution is 7.92. The highest BCUT2D eigenvalue weighted by Gasteiger charge is 2.13.